The van der Waals surface area contributed by atoms with E-state index < -0.39 is 9.84 Å². The summed E-state index contributed by atoms with van der Waals surface area (Å²) in [6.07, 6.45) is 4.53. The molecular weight excluding hydrogens is 476 g/mol. The molecule has 1 aromatic carbocycles. The van der Waals surface area contributed by atoms with E-state index in [-0.39, 0.29) is 22.3 Å². The van der Waals surface area contributed by atoms with Crippen molar-refractivity contribution < 1.29 is 18.6 Å². The zero-order valence-electron chi connectivity index (χ0n) is 18.4. The van der Waals surface area contributed by atoms with Crippen molar-refractivity contribution in [3.05, 3.63) is 59.4 Å². The number of anilines is 3. The Balaban J connectivity index is 1.25. The Hall–Kier alpha value is -3.38. The smallest absolute Gasteiger partial charge is 0.175 e. The molecule has 4 N–H and O–H groups in total. The summed E-state index contributed by atoms with van der Waals surface area (Å²) >= 11 is 5.58. The van der Waals surface area contributed by atoms with Gasteiger partial charge in [0.1, 0.15) is 23.7 Å². The molecule has 34 heavy (non-hydrogen) atoms. The van der Waals surface area contributed by atoms with E-state index in [1.54, 1.807) is 30.3 Å². The lowest BCUT2D eigenvalue weighted by atomic mass is 9.91. The number of rotatable bonds is 3. The van der Waals surface area contributed by atoms with E-state index in [4.69, 9.17) is 12.2 Å². The van der Waals surface area contributed by atoms with Crippen molar-refractivity contribution in [3.8, 4) is 0 Å². The zero-order chi connectivity index (χ0) is 24.0. The molecule has 0 bridgehead atoms. The Labute approximate surface area is 202 Å². The maximum atomic E-state index is 11.6. The third kappa shape index (κ3) is 4.14. The van der Waals surface area contributed by atoms with Crippen molar-refractivity contribution in [1.29, 1.82) is 0 Å². The molecular formula is C22H24N6O4S2. The molecule has 0 saturated carbocycles. The van der Waals surface area contributed by atoms with E-state index in [0.29, 0.717) is 43.5 Å². The van der Waals surface area contributed by atoms with Gasteiger partial charge in [0.25, 0.3) is 0 Å². The minimum atomic E-state index is -3.24. The standard InChI is InChI=1S/C22H24N6O4S2/c1-34(31,32)14-4-2-13(3-5-14)25-22(33)28-8-6-27(7-9-28)21-19-15-10-17(29)18(30)11-16(15)26-20(19)23-12-24-21/h2-5,11-12,15,29-30H,6-10H2,1H3,(H,25,33)(H,23,24,26). The van der Waals surface area contributed by atoms with E-state index in [1.165, 1.54) is 12.6 Å². The summed E-state index contributed by atoms with van der Waals surface area (Å²) in [6, 6.07) is 6.52. The van der Waals surface area contributed by atoms with Crippen LogP contribution in [-0.4, -0.2) is 71.0 Å². The first-order valence-corrected chi connectivity index (χ1v) is 13.1. The number of aliphatic hydroxyl groups excluding tert-OH is 2. The van der Waals surface area contributed by atoms with Crippen LogP contribution >= 0.6 is 12.2 Å². The molecule has 0 radical (unpaired) electrons. The molecule has 3 aliphatic rings. The Morgan fingerprint density at radius 3 is 2.53 bits per heavy atom. The third-order valence-electron chi connectivity index (χ3n) is 6.24. The van der Waals surface area contributed by atoms with Gasteiger partial charge in [0, 0.05) is 67.8 Å². The molecule has 2 aliphatic heterocycles. The number of nitrogens with zero attached hydrogens (tertiary/aromatic N) is 4. The molecule has 5 rings (SSSR count). The van der Waals surface area contributed by atoms with E-state index in [2.05, 4.69) is 30.4 Å². The van der Waals surface area contributed by atoms with Gasteiger partial charge in [-0.1, -0.05) is 0 Å². The SMILES string of the molecule is CS(=O)(=O)c1ccc(NC(=S)N2CCN(c3ncnc4c3C3CC(O)=C(O)C=C3N4)CC2)cc1. The average molecular weight is 501 g/mol. The quantitative estimate of drug-likeness (QED) is 0.464. The van der Waals surface area contributed by atoms with Gasteiger partial charge in [-0.25, -0.2) is 18.4 Å². The van der Waals surface area contributed by atoms with Gasteiger partial charge in [-0.15, -0.1) is 0 Å². The van der Waals surface area contributed by atoms with Crippen molar-refractivity contribution in [2.75, 3.05) is 48.0 Å². The second-order valence-corrected chi connectivity index (χ2v) is 10.9. The fourth-order valence-electron chi connectivity index (χ4n) is 4.42. The molecule has 10 nitrogen and oxygen atoms in total. The normalized spacial score (nSPS) is 19.8. The summed E-state index contributed by atoms with van der Waals surface area (Å²) in [6.45, 7) is 2.74. The highest BCUT2D eigenvalue weighted by Crippen LogP contribution is 2.47. The molecule has 1 saturated heterocycles. The van der Waals surface area contributed by atoms with Crippen LogP contribution in [0.15, 0.2) is 58.8 Å². The van der Waals surface area contributed by atoms with Gasteiger partial charge in [0.05, 0.1) is 4.90 Å². The minimum absolute atomic E-state index is 0.0379. The molecule has 3 heterocycles. The first-order chi connectivity index (χ1) is 16.2. The van der Waals surface area contributed by atoms with Crippen LogP contribution in [0.4, 0.5) is 17.3 Å². The number of hydrogen-bond acceptors (Lipinski definition) is 9. The number of hydrogen-bond donors (Lipinski definition) is 4. The highest BCUT2D eigenvalue weighted by atomic mass is 32.2. The number of fused-ring (bicyclic) bond motifs is 3. The second-order valence-electron chi connectivity index (χ2n) is 8.47. The van der Waals surface area contributed by atoms with Crippen molar-refractivity contribution in [3.63, 3.8) is 0 Å². The fraction of sp³-hybridized carbons (Fsp3) is 0.318. The van der Waals surface area contributed by atoms with Crippen LogP contribution in [0.3, 0.4) is 0 Å². The lowest BCUT2D eigenvalue weighted by Crippen LogP contribution is -2.50. The Bertz CT molecular complexity index is 1320. The van der Waals surface area contributed by atoms with Gasteiger partial charge < -0.3 is 30.6 Å². The number of sulfone groups is 1. The molecule has 1 aliphatic carbocycles. The van der Waals surface area contributed by atoms with Gasteiger partial charge in [0.15, 0.2) is 20.7 Å². The number of aliphatic hydroxyl groups is 2. The van der Waals surface area contributed by atoms with Crippen LogP contribution in [0, 0.1) is 0 Å². The largest absolute Gasteiger partial charge is 0.508 e. The average Bonchev–Trinajstić information content (AvgIpc) is 3.16. The summed E-state index contributed by atoms with van der Waals surface area (Å²) in [5.41, 5.74) is 2.46. The first kappa shape index (κ1) is 22.4. The molecule has 1 fully saturated rings. The van der Waals surface area contributed by atoms with E-state index >= 15 is 0 Å². The van der Waals surface area contributed by atoms with Crippen molar-refractivity contribution in [2.45, 2.75) is 17.2 Å². The minimum Gasteiger partial charge on any atom is -0.508 e. The number of nitrogens with one attached hydrogen (secondary N) is 2. The molecule has 0 amide bonds. The van der Waals surface area contributed by atoms with Gasteiger partial charge >= 0.3 is 0 Å². The number of benzene rings is 1. The molecule has 12 heteroatoms. The summed E-state index contributed by atoms with van der Waals surface area (Å²) in [5, 5.41) is 26.9. The highest BCUT2D eigenvalue weighted by Gasteiger charge is 2.37. The molecule has 1 atom stereocenters. The van der Waals surface area contributed by atoms with Crippen LogP contribution in [0.5, 0.6) is 0 Å². The van der Waals surface area contributed by atoms with Crippen molar-refractivity contribution >= 4 is 44.5 Å². The molecule has 2 aromatic rings. The zero-order valence-corrected chi connectivity index (χ0v) is 20.0. The van der Waals surface area contributed by atoms with E-state index in [0.717, 1.165) is 22.8 Å². The van der Waals surface area contributed by atoms with E-state index in [9.17, 15) is 18.6 Å². The molecule has 0 spiro atoms. The molecule has 1 aromatic heterocycles. The third-order valence-corrected chi connectivity index (χ3v) is 7.72. The maximum absolute atomic E-state index is 11.6. The van der Waals surface area contributed by atoms with Gasteiger partial charge in [-0.05, 0) is 36.5 Å². The summed E-state index contributed by atoms with van der Waals surface area (Å²) in [4.78, 5) is 13.4. The number of aromatic nitrogens is 2. The first-order valence-electron chi connectivity index (χ1n) is 10.8. The summed E-state index contributed by atoms with van der Waals surface area (Å²) in [7, 11) is -3.24. The van der Waals surface area contributed by atoms with Gasteiger partial charge in [-0.2, -0.15) is 0 Å². The van der Waals surface area contributed by atoms with Crippen LogP contribution in [0.1, 0.15) is 17.9 Å². The van der Waals surface area contributed by atoms with Crippen LogP contribution < -0.4 is 15.5 Å². The Morgan fingerprint density at radius 1 is 1.15 bits per heavy atom. The Kier molecular flexibility index (Phi) is 5.56. The molecule has 178 valence electrons. The summed E-state index contributed by atoms with van der Waals surface area (Å²) in [5.74, 6) is 1.22. The molecule has 1 unspecified atom stereocenters. The lowest BCUT2D eigenvalue weighted by molar-refractivity contribution is 0.312. The van der Waals surface area contributed by atoms with E-state index in [1.807, 2.05) is 0 Å². The second kappa shape index (κ2) is 8.44. The fourth-order valence-corrected chi connectivity index (χ4v) is 5.36. The van der Waals surface area contributed by atoms with Crippen LogP contribution in [0.25, 0.3) is 0 Å². The number of allylic oxidation sites excluding steroid dienone is 3. The predicted molar refractivity (Wildman–Crippen MR) is 133 cm³/mol. The van der Waals surface area contributed by atoms with Gasteiger partial charge in [0.2, 0.25) is 0 Å². The number of piperazine rings is 1. The summed E-state index contributed by atoms with van der Waals surface area (Å²) < 4.78 is 23.3. The highest BCUT2D eigenvalue weighted by molar-refractivity contribution is 7.90. The Morgan fingerprint density at radius 2 is 1.85 bits per heavy atom. The predicted octanol–water partition coefficient (Wildman–Crippen LogP) is 2.52. The van der Waals surface area contributed by atoms with Gasteiger partial charge in [-0.3, -0.25) is 0 Å². The van der Waals surface area contributed by atoms with Crippen molar-refractivity contribution in [1.82, 2.24) is 14.9 Å². The van der Waals surface area contributed by atoms with Crippen LogP contribution in [-0.2, 0) is 9.84 Å². The van der Waals surface area contributed by atoms with Crippen molar-refractivity contribution in [2.24, 2.45) is 0 Å². The number of thiocarbonyl (C=S) groups is 1. The lowest BCUT2D eigenvalue weighted by Gasteiger charge is -2.37. The monoisotopic (exact) mass is 500 g/mol. The maximum Gasteiger partial charge on any atom is 0.175 e. The van der Waals surface area contributed by atoms with Crippen LogP contribution in [0.2, 0.25) is 0 Å². The topological polar surface area (TPSA) is 131 Å².